The number of hydrogen-bond donors (Lipinski definition) is 1. The van der Waals surface area contributed by atoms with Gasteiger partial charge in [0.15, 0.2) is 0 Å². The summed E-state index contributed by atoms with van der Waals surface area (Å²) in [6.07, 6.45) is 0.0157. The molecule has 1 aliphatic carbocycles. The van der Waals surface area contributed by atoms with Crippen molar-refractivity contribution in [2.75, 3.05) is 24.7 Å². The SMILES string of the molecule is O=C(O)C1CCN(C(=O)OCC2c3ccccc3-c3ccccc32)C12CCS(=O)(=O)CC2. The molecule has 0 radical (unpaired) electrons. The number of ether oxygens (including phenoxy) is 1. The van der Waals surface area contributed by atoms with Crippen LogP contribution in [0.5, 0.6) is 0 Å². The molecule has 0 aromatic heterocycles. The van der Waals surface area contributed by atoms with Gasteiger partial charge in [0.25, 0.3) is 0 Å². The Morgan fingerprint density at radius 1 is 1.00 bits per heavy atom. The quantitative estimate of drug-likeness (QED) is 0.762. The molecule has 32 heavy (non-hydrogen) atoms. The maximum Gasteiger partial charge on any atom is 0.410 e. The highest BCUT2D eigenvalue weighted by Crippen LogP contribution is 2.46. The van der Waals surface area contributed by atoms with E-state index in [0.29, 0.717) is 6.42 Å². The van der Waals surface area contributed by atoms with Crippen molar-refractivity contribution in [2.24, 2.45) is 5.92 Å². The molecule has 168 valence electrons. The van der Waals surface area contributed by atoms with Crippen molar-refractivity contribution in [3.05, 3.63) is 59.7 Å². The highest BCUT2D eigenvalue weighted by atomic mass is 32.2. The van der Waals surface area contributed by atoms with Gasteiger partial charge in [-0.2, -0.15) is 0 Å². The summed E-state index contributed by atoms with van der Waals surface area (Å²) in [5.74, 6) is -2.07. The predicted molar refractivity (Wildman–Crippen MR) is 118 cm³/mol. The molecular formula is C24H25NO6S. The minimum Gasteiger partial charge on any atom is -0.481 e. The van der Waals surface area contributed by atoms with Crippen LogP contribution in [-0.4, -0.2) is 60.7 Å². The van der Waals surface area contributed by atoms with Crippen LogP contribution in [0.2, 0.25) is 0 Å². The fourth-order valence-electron chi connectivity index (χ4n) is 5.75. The molecule has 2 saturated heterocycles. The molecule has 1 spiro atoms. The average molecular weight is 456 g/mol. The van der Waals surface area contributed by atoms with Crippen molar-refractivity contribution < 1.29 is 27.9 Å². The van der Waals surface area contributed by atoms with Crippen LogP contribution in [0.4, 0.5) is 4.79 Å². The van der Waals surface area contributed by atoms with Crippen molar-refractivity contribution in [3.8, 4) is 11.1 Å². The number of rotatable bonds is 3. The van der Waals surface area contributed by atoms with Crippen LogP contribution < -0.4 is 0 Å². The van der Waals surface area contributed by atoms with E-state index in [1.807, 2.05) is 36.4 Å². The number of carboxylic acid groups (broad SMARTS) is 1. The maximum atomic E-state index is 13.2. The fraction of sp³-hybridized carbons (Fsp3) is 0.417. The Balaban J connectivity index is 1.38. The molecule has 1 atom stereocenters. The highest BCUT2D eigenvalue weighted by Gasteiger charge is 2.56. The molecule has 2 heterocycles. The second-order valence-electron chi connectivity index (χ2n) is 8.89. The Hall–Kier alpha value is -2.87. The van der Waals surface area contributed by atoms with Crippen LogP contribution in [0.3, 0.4) is 0 Å². The second-order valence-corrected chi connectivity index (χ2v) is 11.2. The number of hydrogen-bond acceptors (Lipinski definition) is 5. The van der Waals surface area contributed by atoms with Crippen LogP contribution in [0.15, 0.2) is 48.5 Å². The molecular weight excluding hydrogens is 430 g/mol. The van der Waals surface area contributed by atoms with E-state index in [1.165, 1.54) is 4.90 Å². The lowest BCUT2D eigenvalue weighted by Crippen LogP contribution is -2.56. The number of nitrogens with zero attached hydrogens (tertiary/aromatic N) is 1. The molecule has 2 fully saturated rings. The number of carbonyl (C=O) groups is 2. The summed E-state index contributed by atoms with van der Waals surface area (Å²) >= 11 is 0. The molecule has 2 aromatic rings. The van der Waals surface area contributed by atoms with Crippen molar-refractivity contribution in [3.63, 3.8) is 0 Å². The van der Waals surface area contributed by atoms with Crippen molar-refractivity contribution >= 4 is 21.9 Å². The zero-order valence-electron chi connectivity index (χ0n) is 17.6. The lowest BCUT2D eigenvalue weighted by Gasteiger charge is -2.43. The lowest BCUT2D eigenvalue weighted by molar-refractivity contribution is -0.145. The molecule has 0 saturated carbocycles. The van der Waals surface area contributed by atoms with Gasteiger partial charge in [0.1, 0.15) is 16.4 Å². The number of fused-ring (bicyclic) bond motifs is 3. The van der Waals surface area contributed by atoms with Crippen molar-refractivity contribution in [1.29, 1.82) is 0 Å². The van der Waals surface area contributed by atoms with Crippen LogP contribution in [-0.2, 0) is 19.4 Å². The lowest BCUT2D eigenvalue weighted by atomic mass is 9.80. The Labute approximate surface area is 186 Å². The maximum absolute atomic E-state index is 13.2. The number of amides is 1. The van der Waals surface area contributed by atoms with Gasteiger partial charge < -0.3 is 14.7 Å². The van der Waals surface area contributed by atoms with E-state index < -0.39 is 33.4 Å². The Morgan fingerprint density at radius 2 is 1.56 bits per heavy atom. The van der Waals surface area contributed by atoms with E-state index in [9.17, 15) is 23.1 Å². The zero-order chi connectivity index (χ0) is 22.5. The summed E-state index contributed by atoms with van der Waals surface area (Å²) in [4.78, 5) is 26.6. The number of carboxylic acids is 1. The largest absolute Gasteiger partial charge is 0.481 e. The average Bonchev–Trinajstić information content (AvgIpc) is 3.31. The van der Waals surface area contributed by atoms with Gasteiger partial charge in [0.2, 0.25) is 0 Å². The standard InChI is InChI=1S/C24H25NO6S/c26-22(27)21-9-12-25(24(21)10-13-32(29,30)14-11-24)23(28)31-15-20-18-7-3-1-5-16(18)17-6-2-4-8-19(17)20/h1-8,20-21H,9-15H2,(H,26,27). The first kappa shape index (κ1) is 21.0. The van der Waals surface area contributed by atoms with E-state index in [-0.39, 0.29) is 43.4 Å². The van der Waals surface area contributed by atoms with E-state index in [0.717, 1.165) is 22.3 Å². The Bertz CT molecular complexity index is 1130. The monoisotopic (exact) mass is 455 g/mol. The molecule has 1 unspecified atom stereocenters. The molecule has 8 heteroatoms. The summed E-state index contributed by atoms with van der Waals surface area (Å²) < 4.78 is 29.8. The number of benzene rings is 2. The normalized spacial score (nSPS) is 23.0. The van der Waals surface area contributed by atoms with Crippen LogP contribution in [0.25, 0.3) is 11.1 Å². The molecule has 7 nitrogen and oxygen atoms in total. The van der Waals surface area contributed by atoms with Crippen molar-refractivity contribution in [2.45, 2.75) is 30.7 Å². The van der Waals surface area contributed by atoms with Crippen molar-refractivity contribution in [1.82, 2.24) is 4.90 Å². The Morgan fingerprint density at radius 3 is 2.12 bits per heavy atom. The van der Waals surface area contributed by atoms with Gasteiger partial charge in [-0.1, -0.05) is 48.5 Å². The van der Waals surface area contributed by atoms with Gasteiger partial charge in [0.05, 0.1) is 23.0 Å². The minimum atomic E-state index is -3.21. The summed E-state index contributed by atoms with van der Waals surface area (Å²) in [7, 11) is -3.21. The van der Waals surface area contributed by atoms with Crippen LogP contribution in [0, 0.1) is 5.92 Å². The van der Waals surface area contributed by atoms with Gasteiger partial charge in [-0.15, -0.1) is 0 Å². The first-order valence-electron chi connectivity index (χ1n) is 10.9. The van der Waals surface area contributed by atoms with Crippen LogP contribution in [0.1, 0.15) is 36.3 Å². The number of sulfone groups is 1. The first-order chi connectivity index (χ1) is 15.3. The smallest absolute Gasteiger partial charge is 0.410 e. The molecule has 2 aliphatic heterocycles. The highest BCUT2D eigenvalue weighted by molar-refractivity contribution is 7.91. The molecule has 1 amide bonds. The zero-order valence-corrected chi connectivity index (χ0v) is 18.4. The van der Waals surface area contributed by atoms with E-state index >= 15 is 0 Å². The summed E-state index contributed by atoms with van der Waals surface area (Å²) in [6.45, 7) is 0.406. The topological polar surface area (TPSA) is 101 Å². The summed E-state index contributed by atoms with van der Waals surface area (Å²) in [5, 5.41) is 9.75. The second kappa shape index (κ2) is 7.62. The number of carbonyl (C=O) groups excluding carboxylic acids is 1. The van der Waals surface area contributed by atoms with E-state index in [2.05, 4.69) is 12.1 Å². The first-order valence-corrected chi connectivity index (χ1v) is 12.7. The molecule has 1 N–H and O–H groups in total. The van der Waals surface area contributed by atoms with Gasteiger partial charge >= 0.3 is 12.1 Å². The van der Waals surface area contributed by atoms with Gasteiger partial charge in [-0.3, -0.25) is 4.79 Å². The fourth-order valence-corrected chi connectivity index (χ4v) is 7.28. The number of likely N-dealkylation sites (tertiary alicyclic amines) is 1. The van der Waals surface area contributed by atoms with Gasteiger partial charge in [-0.05, 0) is 41.5 Å². The summed E-state index contributed by atoms with van der Waals surface area (Å²) in [5.41, 5.74) is 3.46. The molecule has 3 aliphatic rings. The minimum absolute atomic E-state index is 0.0908. The molecule has 5 rings (SSSR count). The molecule has 2 aromatic carbocycles. The Kier molecular flexibility index (Phi) is 5.00. The third-order valence-electron chi connectivity index (χ3n) is 7.37. The third-order valence-corrected chi connectivity index (χ3v) is 9.03. The number of aliphatic carboxylic acids is 1. The van der Waals surface area contributed by atoms with Gasteiger partial charge in [-0.25, -0.2) is 13.2 Å². The van der Waals surface area contributed by atoms with E-state index in [4.69, 9.17) is 4.74 Å². The van der Waals surface area contributed by atoms with Crippen LogP contribution >= 0.6 is 0 Å². The molecule has 0 bridgehead atoms. The van der Waals surface area contributed by atoms with Gasteiger partial charge in [0, 0.05) is 12.5 Å². The summed E-state index contributed by atoms with van der Waals surface area (Å²) in [6, 6.07) is 16.1. The third kappa shape index (κ3) is 3.28. The predicted octanol–water partition coefficient (Wildman–Crippen LogP) is 3.29. The van der Waals surface area contributed by atoms with E-state index in [1.54, 1.807) is 0 Å².